The number of amides is 2. The van der Waals surface area contributed by atoms with Gasteiger partial charge >= 0.3 is 0 Å². The van der Waals surface area contributed by atoms with E-state index in [1.807, 2.05) is 27.7 Å². The van der Waals surface area contributed by atoms with Crippen molar-refractivity contribution in [1.82, 2.24) is 10.9 Å². The van der Waals surface area contributed by atoms with E-state index in [0.29, 0.717) is 24.7 Å². The molecular weight excluding hydrogens is 304 g/mol. The maximum atomic E-state index is 11.5. The van der Waals surface area contributed by atoms with Gasteiger partial charge in [-0.2, -0.15) is 10.2 Å². The highest BCUT2D eigenvalue weighted by Gasteiger charge is 2.01. The van der Waals surface area contributed by atoms with E-state index in [1.54, 1.807) is 12.4 Å². The number of hydrogen-bond acceptors (Lipinski definition) is 4. The van der Waals surface area contributed by atoms with Crippen LogP contribution in [0, 0.1) is 11.8 Å². The minimum absolute atomic E-state index is 0.0227. The average Bonchev–Trinajstić information content (AvgIpc) is 2.49. The fraction of sp³-hybridized carbons (Fsp3) is 0.778. The quantitative estimate of drug-likeness (QED) is 0.305. The zero-order chi connectivity index (χ0) is 18.2. The molecule has 0 aromatic heterocycles. The lowest BCUT2D eigenvalue weighted by molar-refractivity contribution is -0.122. The van der Waals surface area contributed by atoms with Crippen molar-refractivity contribution >= 4 is 24.2 Å². The molecule has 0 aromatic rings. The van der Waals surface area contributed by atoms with Crippen molar-refractivity contribution in [3.8, 4) is 0 Å². The molecule has 0 radical (unpaired) electrons. The summed E-state index contributed by atoms with van der Waals surface area (Å²) in [5, 5.41) is 7.77. The first-order chi connectivity index (χ1) is 11.4. The summed E-state index contributed by atoms with van der Waals surface area (Å²) in [6.45, 7) is 8.05. The molecule has 0 aliphatic heterocycles. The molecule has 0 fully saturated rings. The molecule has 6 nitrogen and oxygen atoms in total. The van der Waals surface area contributed by atoms with Gasteiger partial charge < -0.3 is 0 Å². The molecule has 0 aromatic carbocycles. The first kappa shape index (κ1) is 22.3. The molecule has 0 atom stereocenters. The zero-order valence-corrected chi connectivity index (χ0v) is 15.7. The van der Waals surface area contributed by atoms with E-state index >= 15 is 0 Å². The summed E-state index contributed by atoms with van der Waals surface area (Å²) < 4.78 is 0. The fourth-order valence-electron chi connectivity index (χ4n) is 1.91. The van der Waals surface area contributed by atoms with Gasteiger partial charge in [-0.15, -0.1) is 0 Å². The SMILES string of the molecule is CC(C)/C=N/NC(=O)CCCCCCCCC(=O)N/N=C/C(C)C. The summed E-state index contributed by atoms with van der Waals surface area (Å²) in [7, 11) is 0. The number of hydrazone groups is 2. The second-order valence-corrected chi connectivity index (χ2v) is 6.74. The maximum Gasteiger partial charge on any atom is 0.240 e. The molecule has 0 saturated heterocycles. The number of carbonyl (C=O) groups is 2. The number of nitrogens with zero attached hydrogens (tertiary/aromatic N) is 2. The number of carbonyl (C=O) groups excluding carboxylic acids is 2. The second kappa shape index (κ2) is 14.8. The third-order valence-corrected chi connectivity index (χ3v) is 3.18. The van der Waals surface area contributed by atoms with Gasteiger partial charge in [0, 0.05) is 25.3 Å². The number of hydrogen-bond donors (Lipinski definition) is 2. The Morgan fingerprint density at radius 1 is 0.708 bits per heavy atom. The fourth-order valence-corrected chi connectivity index (χ4v) is 1.91. The van der Waals surface area contributed by atoms with Gasteiger partial charge in [0.1, 0.15) is 0 Å². The second-order valence-electron chi connectivity index (χ2n) is 6.74. The lowest BCUT2D eigenvalue weighted by Gasteiger charge is -2.03. The van der Waals surface area contributed by atoms with E-state index in [0.717, 1.165) is 38.5 Å². The van der Waals surface area contributed by atoms with Crippen molar-refractivity contribution in [1.29, 1.82) is 0 Å². The van der Waals surface area contributed by atoms with Gasteiger partial charge in [-0.25, -0.2) is 10.9 Å². The Labute approximate surface area is 146 Å². The van der Waals surface area contributed by atoms with Crippen LogP contribution in [0.15, 0.2) is 10.2 Å². The van der Waals surface area contributed by atoms with Crippen molar-refractivity contribution in [2.75, 3.05) is 0 Å². The van der Waals surface area contributed by atoms with Crippen LogP contribution in [0.4, 0.5) is 0 Å². The van der Waals surface area contributed by atoms with Gasteiger partial charge in [-0.3, -0.25) is 9.59 Å². The van der Waals surface area contributed by atoms with E-state index in [9.17, 15) is 9.59 Å². The van der Waals surface area contributed by atoms with Gasteiger partial charge in [0.05, 0.1) is 0 Å². The van der Waals surface area contributed by atoms with Crippen LogP contribution in [0.5, 0.6) is 0 Å². The third-order valence-electron chi connectivity index (χ3n) is 3.18. The van der Waals surface area contributed by atoms with Crippen LogP contribution in [0.2, 0.25) is 0 Å². The first-order valence-corrected chi connectivity index (χ1v) is 9.06. The Morgan fingerprint density at radius 2 is 1.04 bits per heavy atom. The highest BCUT2D eigenvalue weighted by atomic mass is 16.2. The zero-order valence-electron chi connectivity index (χ0n) is 15.7. The van der Waals surface area contributed by atoms with Gasteiger partial charge in [-0.05, 0) is 24.7 Å². The molecule has 138 valence electrons. The summed E-state index contributed by atoms with van der Waals surface area (Å²) in [5.74, 6) is 0.639. The molecule has 6 heteroatoms. The van der Waals surface area contributed by atoms with Crippen molar-refractivity contribution in [2.24, 2.45) is 22.0 Å². The molecule has 0 heterocycles. The van der Waals surface area contributed by atoms with Crippen LogP contribution < -0.4 is 10.9 Å². The van der Waals surface area contributed by atoms with Crippen molar-refractivity contribution in [3.63, 3.8) is 0 Å². The Morgan fingerprint density at radius 3 is 1.38 bits per heavy atom. The lowest BCUT2D eigenvalue weighted by Crippen LogP contribution is -2.17. The molecule has 0 aliphatic carbocycles. The predicted octanol–water partition coefficient (Wildman–Crippen LogP) is 3.62. The van der Waals surface area contributed by atoms with Crippen molar-refractivity contribution in [3.05, 3.63) is 0 Å². The molecular formula is C18H34N4O2. The normalized spacial score (nSPS) is 11.8. The van der Waals surface area contributed by atoms with E-state index < -0.39 is 0 Å². The van der Waals surface area contributed by atoms with E-state index in [4.69, 9.17) is 0 Å². The predicted molar refractivity (Wildman–Crippen MR) is 99.9 cm³/mol. The Balaban J connectivity index is 3.42. The third kappa shape index (κ3) is 16.6. The molecule has 0 rings (SSSR count). The van der Waals surface area contributed by atoms with Crippen LogP contribution in [-0.2, 0) is 9.59 Å². The van der Waals surface area contributed by atoms with Gasteiger partial charge in [0.25, 0.3) is 0 Å². The minimum atomic E-state index is -0.0227. The largest absolute Gasteiger partial charge is 0.273 e. The Bertz CT molecular complexity index is 366. The number of rotatable bonds is 13. The standard InChI is InChI=1S/C18H34N4O2/c1-15(2)13-19-21-17(23)11-9-7-5-6-8-10-12-18(24)22-20-14-16(3)4/h13-16H,5-12H2,1-4H3,(H,21,23)(H,22,24)/b19-13+,20-14+. The van der Waals surface area contributed by atoms with Gasteiger partial charge in [0.2, 0.25) is 11.8 Å². The monoisotopic (exact) mass is 338 g/mol. The van der Waals surface area contributed by atoms with Gasteiger partial charge in [-0.1, -0.05) is 53.4 Å². The van der Waals surface area contributed by atoms with E-state index in [1.165, 1.54) is 0 Å². The smallest absolute Gasteiger partial charge is 0.240 e. The Hall–Kier alpha value is -1.72. The van der Waals surface area contributed by atoms with E-state index in [2.05, 4.69) is 21.1 Å². The molecule has 2 N–H and O–H groups in total. The summed E-state index contributed by atoms with van der Waals surface area (Å²) >= 11 is 0. The molecule has 0 aliphatic rings. The van der Waals surface area contributed by atoms with E-state index in [-0.39, 0.29) is 11.8 Å². The van der Waals surface area contributed by atoms with Crippen LogP contribution in [0.3, 0.4) is 0 Å². The number of unbranched alkanes of at least 4 members (excludes halogenated alkanes) is 5. The molecule has 0 spiro atoms. The van der Waals surface area contributed by atoms with Crippen molar-refractivity contribution < 1.29 is 9.59 Å². The summed E-state index contributed by atoms with van der Waals surface area (Å²) in [6.07, 6.45) is 10.5. The molecule has 0 unspecified atom stereocenters. The molecule has 0 saturated carbocycles. The van der Waals surface area contributed by atoms with Crippen LogP contribution in [0.1, 0.15) is 79.1 Å². The highest BCUT2D eigenvalue weighted by molar-refractivity contribution is 5.77. The summed E-state index contributed by atoms with van der Waals surface area (Å²) in [6, 6.07) is 0. The molecule has 24 heavy (non-hydrogen) atoms. The maximum absolute atomic E-state index is 11.5. The van der Waals surface area contributed by atoms with Gasteiger partial charge in [0.15, 0.2) is 0 Å². The van der Waals surface area contributed by atoms with Crippen LogP contribution in [0.25, 0.3) is 0 Å². The van der Waals surface area contributed by atoms with Crippen LogP contribution in [-0.4, -0.2) is 24.2 Å². The minimum Gasteiger partial charge on any atom is -0.273 e. The summed E-state index contributed by atoms with van der Waals surface area (Å²) in [5.41, 5.74) is 5.07. The average molecular weight is 338 g/mol. The summed E-state index contributed by atoms with van der Waals surface area (Å²) in [4.78, 5) is 23.0. The molecule has 2 amide bonds. The highest BCUT2D eigenvalue weighted by Crippen LogP contribution is 2.08. The Kier molecular flexibility index (Phi) is 13.8. The van der Waals surface area contributed by atoms with Crippen LogP contribution >= 0.6 is 0 Å². The topological polar surface area (TPSA) is 82.9 Å². The van der Waals surface area contributed by atoms with Crippen molar-refractivity contribution in [2.45, 2.75) is 79.1 Å². The molecule has 0 bridgehead atoms. The first-order valence-electron chi connectivity index (χ1n) is 9.06. The lowest BCUT2D eigenvalue weighted by atomic mass is 10.1. The number of nitrogens with one attached hydrogen (secondary N) is 2.